The lowest BCUT2D eigenvalue weighted by Gasteiger charge is -2.26. The monoisotopic (exact) mass is 320 g/mol. The molecule has 0 bridgehead atoms. The topological polar surface area (TPSA) is 104 Å². The molecular formula is C13H24N2O5S. The van der Waals surface area contributed by atoms with Crippen LogP contribution >= 0.6 is 0 Å². The van der Waals surface area contributed by atoms with Crippen molar-refractivity contribution in [2.75, 3.05) is 18.8 Å². The SMILES string of the molecule is CC(=O)NCCN(C(C)C(=O)O)S(=O)(=O)CCC1(C)CC1. The van der Waals surface area contributed by atoms with E-state index < -0.39 is 22.0 Å². The van der Waals surface area contributed by atoms with Gasteiger partial charge in [0.2, 0.25) is 15.9 Å². The highest BCUT2D eigenvalue weighted by atomic mass is 32.2. The molecule has 0 spiro atoms. The number of aliphatic carboxylic acids is 1. The molecular weight excluding hydrogens is 296 g/mol. The first-order valence-corrected chi connectivity index (χ1v) is 8.65. The summed E-state index contributed by atoms with van der Waals surface area (Å²) in [6, 6.07) is -1.14. The largest absolute Gasteiger partial charge is 0.480 e. The Bertz CT molecular complexity index is 499. The highest BCUT2D eigenvalue weighted by molar-refractivity contribution is 7.89. The van der Waals surface area contributed by atoms with E-state index in [1.807, 2.05) is 6.92 Å². The van der Waals surface area contributed by atoms with E-state index in [2.05, 4.69) is 5.32 Å². The highest BCUT2D eigenvalue weighted by Crippen LogP contribution is 2.48. The predicted molar refractivity (Wildman–Crippen MR) is 78.2 cm³/mol. The molecule has 0 saturated heterocycles. The maximum Gasteiger partial charge on any atom is 0.321 e. The van der Waals surface area contributed by atoms with Gasteiger partial charge in [0.25, 0.3) is 0 Å². The van der Waals surface area contributed by atoms with E-state index in [0.717, 1.165) is 17.1 Å². The maximum atomic E-state index is 12.4. The standard InChI is InChI=1S/C13H24N2O5S/c1-10(12(17)18)15(8-7-14-11(2)16)21(19,20)9-6-13(3)4-5-13/h10H,4-9H2,1-3H3,(H,14,16)(H,17,18). The number of carboxylic acids is 1. The molecule has 1 rings (SSSR count). The molecule has 8 heteroatoms. The minimum absolute atomic E-state index is 0.0356. The second kappa shape index (κ2) is 6.74. The molecule has 1 fully saturated rings. The Kier molecular flexibility index (Phi) is 5.75. The molecule has 122 valence electrons. The lowest BCUT2D eigenvalue weighted by atomic mass is 10.1. The highest BCUT2D eigenvalue weighted by Gasteiger charge is 2.40. The van der Waals surface area contributed by atoms with Gasteiger partial charge in [-0.1, -0.05) is 6.92 Å². The van der Waals surface area contributed by atoms with Crippen LogP contribution in [0.15, 0.2) is 0 Å². The van der Waals surface area contributed by atoms with Crippen LogP contribution in [0, 0.1) is 5.41 Å². The van der Waals surface area contributed by atoms with Crippen molar-refractivity contribution >= 4 is 21.9 Å². The van der Waals surface area contributed by atoms with Gasteiger partial charge in [0.05, 0.1) is 5.75 Å². The van der Waals surface area contributed by atoms with Crippen molar-refractivity contribution in [2.45, 2.75) is 46.1 Å². The summed E-state index contributed by atoms with van der Waals surface area (Å²) in [5.74, 6) is -1.53. The van der Waals surface area contributed by atoms with Gasteiger partial charge >= 0.3 is 5.97 Å². The van der Waals surface area contributed by atoms with Gasteiger partial charge < -0.3 is 10.4 Å². The van der Waals surface area contributed by atoms with Crippen LogP contribution in [0.25, 0.3) is 0 Å². The van der Waals surface area contributed by atoms with Crippen molar-refractivity contribution in [3.05, 3.63) is 0 Å². The fourth-order valence-electron chi connectivity index (χ4n) is 1.99. The van der Waals surface area contributed by atoms with Crippen molar-refractivity contribution in [3.63, 3.8) is 0 Å². The van der Waals surface area contributed by atoms with Crippen LogP contribution in [-0.4, -0.2) is 54.6 Å². The average molecular weight is 320 g/mol. The molecule has 0 aromatic carbocycles. The third kappa shape index (κ3) is 5.62. The number of hydrogen-bond donors (Lipinski definition) is 2. The molecule has 0 aromatic rings. The van der Waals surface area contributed by atoms with Crippen molar-refractivity contribution in [1.82, 2.24) is 9.62 Å². The molecule has 0 heterocycles. The van der Waals surface area contributed by atoms with Gasteiger partial charge in [-0.2, -0.15) is 4.31 Å². The zero-order chi connectivity index (χ0) is 16.3. The minimum atomic E-state index is -3.66. The van der Waals surface area contributed by atoms with Gasteiger partial charge in [0.1, 0.15) is 6.04 Å². The van der Waals surface area contributed by atoms with Gasteiger partial charge in [-0.3, -0.25) is 9.59 Å². The normalized spacial score (nSPS) is 18.3. The van der Waals surface area contributed by atoms with E-state index in [9.17, 15) is 18.0 Å². The molecule has 1 aliphatic carbocycles. The van der Waals surface area contributed by atoms with Crippen LogP contribution in [0.5, 0.6) is 0 Å². The molecule has 0 aromatic heterocycles. The Hall–Kier alpha value is -1.15. The predicted octanol–water partition coefficient (Wildman–Crippen LogP) is 0.418. The summed E-state index contributed by atoms with van der Waals surface area (Å²) < 4.78 is 25.7. The smallest absolute Gasteiger partial charge is 0.321 e. The zero-order valence-corrected chi connectivity index (χ0v) is 13.6. The first kappa shape index (κ1) is 17.9. The van der Waals surface area contributed by atoms with Gasteiger partial charge in [-0.15, -0.1) is 0 Å². The van der Waals surface area contributed by atoms with Gasteiger partial charge in [-0.25, -0.2) is 8.42 Å². The van der Waals surface area contributed by atoms with Crippen LogP contribution < -0.4 is 5.32 Å². The molecule has 2 N–H and O–H groups in total. The number of nitrogens with zero attached hydrogens (tertiary/aromatic N) is 1. The fraction of sp³-hybridized carbons (Fsp3) is 0.846. The van der Waals surface area contributed by atoms with Crippen LogP contribution in [0.3, 0.4) is 0 Å². The molecule has 1 atom stereocenters. The Balaban J connectivity index is 2.72. The Labute approximate surface area is 125 Å². The van der Waals surface area contributed by atoms with Crippen LogP contribution in [0.2, 0.25) is 0 Å². The summed E-state index contributed by atoms with van der Waals surface area (Å²) in [5.41, 5.74) is 0.0861. The third-order valence-corrected chi connectivity index (χ3v) is 5.85. The lowest BCUT2D eigenvalue weighted by Crippen LogP contribution is -2.47. The molecule has 1 aliphatic rings. The number of carbonyl (C=O) groups excluding carboxylic acids is 1. The maximum absolute atomic E-state index is 12.4. The number of hydrogen-bond acceptors (Lipinski definition) is 4. The van der Waals surface area contributed by atoms with Crippen molar-refractivity contribution in [1.29, 1.82) is 0 Å². The molecule has 0 aliphatic heterocycles. The van der Waals surface area contributed by atoms with Crippen LogP contribution in [-0.2, 0) is 19.6 Å². The summed E-state index contributed by atoms with van der Waals surface area (Å²) in [6.07, 6.45) is 2.57. The van der Waals surface area contributed by atoms with E-state index in [0.29, 0.717) is 6.42 Å². The van der Waals surface area contributed by atoms with Gasteiger partial charge in [0.15, 0.2) is 0 Å². The summed E-state index contributed by atoms with van der Waals surface area (Å²) in [5, 5.41) is 11.6. The molecule has 21 heavy (non-hydrogen) atoms. The van der Waals surface area contributed by atoms with Gasteiger partial charge in [0, 0.05) is 20.0 Å². The summed E-state index contributed by atoms with van der Waals surface area (Å²) in [7, 11) is -3.66. The Morgan fingerprint density at radius 3 is 2.38 bits per heavy atom. The van der Waals surface area contributed by atoms with Crippen molar-refractivity contribution < 1.29 is 23.1 Å². The summed E-state index contributed by atoms with van der Waals surface area (Å²) in [6.45, 7) is 4.76. The van der Waals surface area contributed by atoms with E-state index in [1.54, 1.807) is 0 Å². The molecule has 0 radical (unpaired) electrons. The molecule has 1 saturated carbocycles. The number of amides is 1. The average Bonchev–Trinajstić information content (AvgIpc) is 3.10. The summed E-state index contributed by atoms with van der Waals surface area (Å²) >= 11 is 0. The van der Waals surface area contributed by atoms with Gasteiger partial charge in [-0.05, 0) is 31.6 Å². The first-order chi connectivity index (χ1) is 9.57. The minimum Gasteiger partial charge on any atom is -0.480 e. The van der Waals surface area contributed by atoms with E-state index in [4.69, 9.17) is 5.11 Å². The number of carboxylic acid groups (broad SMARTS) is 1. The second-order valence-corrected chi connectivity index (χ2v) is 8.03. The van der Waals surface area contributed by atoms with Crippen molar-refractivity contribution in [3.8, 4) is 0 Å². The van der Waals surface area contributed by atoms with Crippen LogP contribution in [0.1, 0.15) is 40.0 Å². The zero-order valence-electron chi connectivity index (χ0n) is 12.8. The number of rotatable bonds is 9. The Morgan fingerprint density at radius 2 is 1.95 bits per heavy atom. The molecule has 1 amide bonds. The first-order valence-electron chi connectivity index (χ1n) is 7.04. The van der Waals surface area contributed by atoms with Crippen LogP contribution in [0.4, 0.5) is 0 Å². The summed E-state index contributed by atoms with van der Waals surface area (Å²) in [4.78, 5) is 22.0. The van der Waals surface area contributed by atoms with E-state index in [1.165, 1.54) is 13.8 Å². The van der Waals surface area contributed by atoms with E-state index in [-0.39, 0.29) is 30.2 Å². The molecule has 7 nitrogen and oxygen atoms in total. The molecule has 1 unspecified atom stereocenters. The third-order valence-electron chi connectivity index (χ3n) is 3.92. The Morgan fingerprint density at radius 1 is 1.38 bits per heavy atom. The lowest BCUT2D eigenvalue weighted by molar-refractivity contribution is -0.140. The van der Waals surface area contributed by atoms with E-state index >= 15 is 0 Å². The number of sulfonamides is 1. The van der Waals surface area contributed by atoms with Crippen molar-refractivity contribution in [2.24, 2.45) is 5.41 Å². The number of nitrogens with one attached hydrogen (secondary N) is 1. The second-order valence-electron chi connectivity index (χ2n) is 5.98. The quantitative estimate of drug-likeness (QED) is 0.640. The number of carbonyl (C=O) groups is 2. The fourth-order valence-corrected chi connectivity index (χ4v) is 3.92.